The van der Waals surface area contributed by atoms with Crippen molar-refractivity contribution in [3.8, 4) is 5.75 Å². The van der Waals surface area contributed by atoms with Crippen LogP contribution in [0.25, 0.3) is 10.8 Å². The van der Waals surface area contributed by atoms with Gasteiger partial charge in [-0.3, -0.25) is 9.97 Å². The molecule has 0 aliphatic carbocycles. The van der Waals surface area contributed by atoms with E-state index in [2.05, 4.69) is 9.97 Å². The van der Waals surface area contributed by atoms with Gasteiger partial charge < -0.3 is 9.84 Å². The van der Waals surface area contributed by atoms with Crippen molar-refractivity contribution >= 4 is 10.8 Å². The van der Waals surface area contributed by atoms with E-state index in [4.69, 9.17) is 4.74 Å². The monoisotopic (exact) mass is 266 g/mol. The summed E-state index contributed by atoms with van der Waals surface area (Å²) in [5, 5.41) is 12.6. The molecule has 0 radical (unpaired) electrons. The van der Waals surface area contributed by atoms with E-state index < -0.39 is 6.10 Å². The van der Waals surface area contributed by atoms with Gasteiger partial charge in [0.2, 0.25) is 0 Å². The minimum atomic E-state index is -0.781. The third-order valence-corrected chi connectivity index (χ3v) is 3.28. The number of benzene rings is 1. The molecule has 3 rings (SSSR count). The molecule has 1 aromatic carbocycles. The molecule has 0 fully saturated rings. The largest absolute Gasteiger partial charge is 0.495 e. The molecular weight excluding hydrogens is 252 g/mol. The molecule has 1 unspecified atom stereocenters. The summed E-state index contributed by atoms with van der Waals surface area (Å²) < 4.78 is 5.14. The quantitative estimate of drug-likeness (QED) is 0.792. The van der Waals surface area contributed by atoms with Crippen LogP contribution in [0.3, 0.4) is 0 Å². The number of methoxy groups -OCH3 is 1. The summed E-state index contributed by atoms with van der Waals surface area (Å²) >= 11 is 0. The third kappa shape index (κ3) is 2.21. The Morgan fingerprint density at radius 1 is 1.05 bits per heavy atom. The summed E-state index contributed by atoms with van der Waals surface area (Å²) in [6, 6.07) is 9.63. The first kappa shape index (κ1) is 12.6. The average Bonchev–Trinajstić information content (AvgIpc) is 2.53. The van der Waals surface area contributed by atoms with Gasteiger partial charge >= 0.3 is 0 Å². The Hall–Kier alpha value is -2.46. The number of pyridine rings is 2. The number of rotatable bonds is 3. The number of hydrogen-bond donors (Lipinski definition) is 1. The second-order valence-corrected chi connectivity index (χ2v) is 4.51. The van der Waals surface area contributed by atoms with Crippen LogP contribution >= 0.6 is 0 Å². The van der Waals surface area contributed by atoms with E-state index >= 15 is 0 Å². The second-order valence-electron chi connectivity index (χ2n) is 4.51. The molecule has 0 saturated carbocycles. The van der Waals surface area contributed by atoms with Crippen molar-refractivity contribution in [2.75, 3.05) is 7.11 Å². The van der Waals surface area contributed by atoms with Gasteiger partial charge in [-0.1, -0.05) is 24.3 Å². The van der Waals surface area contributed by atoms with E-state index in [9.17, 15) is 5.11 Å². The zero-order chi connectivity index (χ0) is 13.9. The first-order chi connectivity index (χ1) is 9.79. The van der Waals surface area contributed by atoms with Gasteiger partial charge in [-0.05, 0) is 11.5 Å². The van der Waals surface area contributed by atoms with E-state index in [1.54, 1.807) is 38.0 Å². The lowest BCUT2D eigenvalue weighted by molar-refractivity contribution is 0.220. The van der Waals surface area contributed by atoms with Gasteiger partial charge in [-0.25, -0.2) is 0 Å². The maximum Gasteiger partial charge on any atom is 0.137 e. The van der Waals surface area contributed by atoms with E-state index in [1.165, 1.54) is 0 Å². The van der Waals surface area contributed by atoms with Crippen molar-refractivity contribution in [3.05, 3.63) is 66.2 Å². The number of nitrogens with zero attached hydrogens (tertiary/aromatic N) is 2. The van der Waals surface area contributed by atoms with Crippen molar-refractivity contribution in [3.63, 3.8) is 0 Å². The van der Waals surface area contributed by atoms with Gasteiger partial charge in [0.15, 0.2) is 0 Å². The first-order valence-corrected chi connectivity index (χ1v) is 6.29. The fourth-order valence-electron chi connectivity index (χ4n) is 2.23. The molecule has 4 nitrogen and oxygen atoms in total. The summed E-state index contributed by atoms with van der Waals surface area (Å²) in [7, 11) is 1.58. The molecule has 2 aromatic heterocycles. The van der Waals surface area contributed by atoms with Crippen LogP contribution in [-0.4, -0.2) is 22.2 Å². The SMILES string of the molecule is COc1cncc(C(O)c2cncc3ccccc23)c1. The lowest BCUT2D eigenvalue weighted by Gasteiger charge is -2.14. The van der Waals surface area contributed by atoms with Gasteiger partial charge in [-0.2, -0.15) is 0 Å². The highest BCUT2D eigenvalue weighted by molar-refractivity contribution is 5.85. The molecule has 0 aliphatic heterocycles. The van der Waals surface area contributed by atoms with E-state index in [0.717, 1.165) is 16.3 Å². The van der Waals surface area contributed by atoms with Crippen molar-refractivity contribution in [2.45, 2.75) is 6.10 Å². The molecule has 100 valence electrons. The predicted octanol–water partition coefficient (Wildman–Crippen LogP) is 2.72. The van der Waals surface area contributed by atoms with Crippen LogP contribution in [0, 0.1) is 0 Å². The standard InChI is InChI=1S/C16H14N2O2/c1-20-13-6-12(8-17-9-13)16(19)15-10-18-7-11-4-2-3-5-14(11)15/h2-10,16,19H,1H3. The van der Waals surface area contributed by atoms with Crippen LogP contribution in [0.15, 0.2) is 55.1 Å². The van der Waals surface area contributed by atoms with Crippen LogP contribution in [0.1, 0.15) is 17.2 Å². The predicted molar refractivity (Wildman–Crippen MR) is 76.6 cm³/mol. The highest BCUT2D eigenvalue weighted by Gasteiger charge is 2.15. The molecule has 0 aliphatic rings. The molecule has 20 heavy (non-hydrogen) atoms. The lowest BCUT2D eigenvalue weighted by Crippen LogP contribution is -2.02. The summed E-state index contributed by atoms with van der Waals surface area (Å²) in [6.07, 6.45) is 5.94. The highest BCUT2D eigenvalue weighted by atomic mass is 16.5. The minimum Gasteiger partial charge on any atom is -0.495 e. The van der Waals surface area contributed by atoms with Crippen molar-refractivity contribution < 1.29 is 9.84 Å². The van der Waals surface area contributed by atoms with Gasteiger partial charge in [0.05, 0.1) is 13.3 Å². The Labute approximate surface area is 116 Å². The molecule has 0 saturated heterocycles. The Kier molecular flexibility index (Phi) is 3.31. The molecule has 2 heterocycles. The lowest BCUT2D eigenvalue weighted by atomic mass is 9.99. The third-order valence-electron chi connectivity index (χ3n) is 3.28. The van der Waals surface area contributed by atoms with Crippen molar-refractivity contribution in [2.24, 2.45) is 0 Å². The Bertz CT molecular complexity index is 738. The number of ether oxygens (including phenoxy) is 1. The van der Waals surface area contributed by atoms with Crippen LogP contribution in [0.2, 0.25) is 0 Å². The van der Waals surface area contributed by atoms with E-state index in [0.29, 0.717) is 11.3 Å². The van der Waals surface area contributed by atoms with Crippen LogP contribution < -0.4 is 4.74 Å². The van der Waals surface area contributed by atoms with E-state index in [1.807, 2.05) is 24.3 Å². The summed E-state index contributed by atoms with van der Waals surface area (Å²) in [5.74, 6) is 0.620. The van der Waals surface area contributed by atoms with Gasteiger partial charge in [0.25, 0.3) is 0 Å². The maximum atomic E-state index is 10.6. The smallest absolute Gasteiger partial charge is 0.137 e. The van der Waals surface area contributed by atoms with Crippen molar-refractivity contribution in [1.29, 1.82) is 0 Å². The minimum absolute atomic E-state index is 0.620. The van der Waals surface area contributed by atoms with Gasteiger partial charge in [0, 0.05) is 35.1 Å². The number of hydrogen-bond acceptors (Lipinski definition) is 4. The number of aliphatic hydroxyl groups is 1. The van der Waals surface area contributed by atoms with Gasteiger partial charge in [-0.15, -0.1) is 0 Å². The Morgan fingerprint density at radius 2 is 1.85 bits per heavy atom. The second kappa shape index (κ2) is 5.27. The number of aliphatic hydroxyl groups excluding tert-OH is 1. The van der Waals surface area contributed by atoms with Crippen molar-refractivity contribution in [1.82, 2.24) is 9.97 Å². The molecule has 1 atom stereocenters. The highest BCUT2D eigenvalue weighted by Crippen LogP contribution is 2.28. The van der Waals surface area contributed by atoms with Gasteiger partial charge in [0.1, 0.15) is 11.9 Å². The Morgan fingerprint density at radius 3 is 2.70 bits per heavy atom. The molecule has 3 aromatic rings. The van der Waals surface area contributed by atoms with E-state index in [-0.39, 0.29) is 0 Å². The first-order valence-electron chi connectivity index (χ1n) is 6.29. The molecule has 1 N–H and O–H groups in total. The summed E-state index contributed by atoms with van der Waals surface area (Å²) in [5.41, 5.74) is 1.45. The summed E-state index contributed by atoms with van der Waals surface area (Å²) in [4.78, 5) is 8.27. The van der Waals surface area contributed by atoms with Crippen LogP contribution in [-0.2, 0) is 0 Å². The number of fused-ring (bicyclic) bond motifs is 1. The fraction of sp³-hybridized carbons (Fsp3) is 0.125. The fourth-order valence-corrected chi connectivity index (χ4v) is 2.23. The molecular formula is C16H14N2O2. The molecule has 0 bridgehead atoms. The zero-order valence-corrected chi connectivity index (χ0v) is 11.0. The average molecular weight is 266 g/mol. The number of aromatic nitrogens is 2. The zero-order valence-electron chi connectivity index (χ0n) is 11.0. The molecule has 0 amide bonds. The maximum absolute atomic E-state index is 10.6. The Balaban J connectivity index is 2.10. The van der Waals surface area contributed by atoms with Crippen LogP contribution in [0.5, 0.6) is 5.75 Å². The molecule has 4 heteroatoms. The normalized spacial score (nSPS) is 12.3. The topological polar surface area (TPSA) is 55.2 Å². The van der Waals surface area contributed by atoms with Crippen LogP contribution in [0.4, 0.5) is 0 Å². The molecule has 0 spiro atoms. The summed E-state index contributed by atoms with van der Waals surface area (Å²) in [6.45, 7) is 0.